The summed E-state index contributed by atoms with van der Waals surface area (Å²) in [4.78, 5) is 0. The first kappa shape index (κ1) is 7.31. The SMILES string of the molecule is N/N=C1/COCc2ccccc21. The molecule has 1 aliphatic heterocycles. The molecule has 12 heavy (non-hydrogen) atoms. The Morgan fingerprint density at radius 3 is 2.92 bits per heavy atom. The fourth-order valence-electron chi connectivity index (χ4n) is 1.37. The molecule has 0 saturated carbocycles. The maximum atomic E-state index is 5.29. The highest BCUT2D eigenvalue weighted by Gasteiger charge is 2.14. The first-order valence-electron chi connectivity index (χ1n) is 3.84. The van der Waals surface area contributed by atoms with Gasteiger partial charge in [0.2, 0.25) is 0 Å². The molecule has 0 atom stereocenters. The van der Waals surface area contributed by atoms with Crippen molar-refractivity contribution in [2.75, 3.05) is 6.61 Å². The molecule has 2 N–H and O–H groups in total. The molecule has 1 heterocycles. The minimum Gasteiger partial charge on any atom is -0.370 e. The van der Waals surface area contributed by atoms with E-state index in [4.69, 9.17) is 10.6 Å². The molecule has 0 amide bonds. The van der Waals surface area contributed by atoms with Crippen molar-refractivity contribution in [1.82, 2.24) is 0 Å². The average Bonchev–Trinajstić information content (AvgIpc) is 2.17. The summed E-state index contributed by atoms with van der Waals surface area (Å²) in [5, 5.41) is 3.68. The molecule has 0 spiro atoms. The smallest absolute Gasteiger partial charge is 0.0933 e. The van der Waals surface area contributed by atoms with Crippen molar-refractivity contribution in [2.45, 2.75) is 6.61 Å². The topological polar surface area (TPSA) is 47.6 Å². The fourth-order valence-corrected chi connectivity index (χ4v) is 1.37. The fraction of sp³-hybridized carbons (Fsp3) is 0.222. The maximum absolute atomic E-state index is 5.29. The van der Waals surface area contributed by atoms with Crippen LogP contribution in [0.4, 0.5) is 0 Å². The molecule has 0 aromatic heterocycles. The Labute approximate surface area is 70.8 Å². The average molecular weight is 162 g/mol. The lowest BCUT2D eigenvalue weighted by atomic mass is 10.0. The number of hydrazone groups is 1. The molecule has 1 aliphatic rings. The van der Waals surface area contributed by atoms with Gasteiger partial charge in [-0.25, -0.2) is 0 Å². The Bertz CT molecular complexity index is 320. The molecule has 2 rings (SSSR count). The lowest BCUT2D eigenvalue weighted by Crippen LogP contribution is -2.20. The summed E-state index contributed by atoms with van der Waals surface area (Å²) in [5.74, 6) is 5.23. The van der Waals surface area contributed by atoms with E-state index in [1.165, 1.54) is 0 Å². The van der Waals surface area contributed by atoms with Crippen LogP contribution in [0.2, 0.25) is 0 Å². The molecule has 62 valence electrons. The van der Waals surface area contributed by atoms with Gasteiger partial charge in [0.05, 0.1) is 18.9 Å². The van der Waals surface area contributed by atoms with Gasteiger partial charge in [-0.1, -0.05) is 24.3 Å². The van der Waals surface area contributed by atoms with Crippen molar-refractivity contribution in [1.29, 1.82) is 0 Å². The monoisotopic (exact) mass is 162 g/mol. The van der Waals surface area contributed by atoms with Gasteiger partial charge in [-0.15, -0.1) is 0 Å². The largest absolute Gasteiger partial charge is 0.370 e. The predicted molar refractivity (Wildman–Crippen MR) is 46.8 cm³/mol. The van der Waals surface area contributed by atoms with E-state index in [0.717, 1.165) is 16.8 Å². The number of nitrogens with zero attached hydrogens (tertiary/aromatic N) is 1. The summed E-state index contributed by atoms with van der Waals surface area (Å²) < 4.78 is 5.29. The quantitative estimate of drug-likeness (QED) is 0.454. The van der Waals surface area contributed by atoms with Crippen molar-refractivity contribution in [3.63, 3.8) is 0 Å². The van der Waals surface area contributed by atoms with E-state index in [0.29, 0.717) is 13.2 Å². The first-order chi connectivity index (χ1) is 5.92. The number of rotatable bonds is 0. The van der Waals surface area contributed by atoms with Crippen LogP contribution in [0.5, 0.6) is 0 Å². The number of nitrogens with two attached hydrogens (primary N) is 1. The molecule has 3 nitrogen and oxygen atoms in total. The van der Waals surface area contributed by atoms with Crippen molar-refractivity contribution in [2.24, 2.45) is 10.9 Å². The second-order valence-electron chi connectivity index (χ2n) is 2.73. The van der Waals surface area contributed by atoms with Gasteiger partial charge in [0.15, 0.2) is 0 Å². The maximum Gasteiger partial charge on any atom is 0.0933 e. The zero-order valence-corrected chi connectivity index (χ0v) is 6.66. The van der Waals surface area contributed by atoms with E-state index in [-0.39, 0.29) is 0 Å². The highest BCUT2D eigenvalue weighted by Crippen LogP contribution is 2.15. The third-order valence-corrected chi connectivity index (χ3v) is 1.98. The Morgan fingerprint density at radius 1 is 1.25 bits per heavy atom. The third-order valence-electron chi connectivity index (χ3n) is 1.98. The van der Waals surface area contributed by atoms with Crippen LogP contribution in [0.1, 0.15) is 11.1 Å². The van der Waals surface area contributed by atoms with Gasteiger partial charge in [-0.3, -0.25) is 0 Å². The molecular weight excluding hydrogens is 152 g/mol. The van der Waals surface area contributed by atoms with E-state index < -0.39 is 0 Å². The normalized spacial score (nSPS) is 19.2. The van der Waals surface area contributed by atoms with Crippen LogP contribution in [0.15, 0.2) is 29.4 Å². The van der Waals surface area contributed by atoms with Gasteiger partial charge in [-0.2, -0.15) is 5.10 Å². The van der Waals surface area contributed by atoms with Crippen LogP contribution in [-0.4, -0.2) is 12.3 Å². The molecule has 0 bridgehead atoms. The van der Waals surface area contributed by atoms with Gasteiger partial charge in [0, 0.05) is 5.56 Å². The van der Waals surface area contributed by atoms with E-state index in [1.54, 1.807) is 0 Å². The summed E-state index contributed by atoms with van der Waals surface area (Å²) in [5.41, 5.74) is 3.11. The predicted octanol–water partition coefficient (Wildman–Crippen LogP) is 0.880. The van der Waals surface area contributed by atoms with Crippen molar-refractivity contribution >= 4 is 5.71 Å². The first-order valence-corrected chi connectivity index (χ1v) is 3.84. The zero-order chi connectivity index (χ0) is 8.39. The van der Waals surface area contributed by atoms with Gasteiger partial charge in [0.1, 0.15) is 0 Å². The van der Waals surface area contributed by atoms with Crippen LogP contribution >= 0.6 is 0 Å². The molecule has 0 fully saturated rings. The Balaban J connectivity index is 2.51. The van der Waals surface area contributed by atoms with Crippen LogP contribution in [0.25, 0.3) is 0 Å². The lowest BCUT2D eigenvalue weighted by molar-refractivity contribution is 0.152. The molecule has 0 saturated heterocycles. The van der Waals surface area contributed by atoms with Gasteiger partial charge < -0.3 is 10.6 Å². The summed E-state index contributed by atoms with van der Waals surface area (Å²) in [6.45, 7) is 1.18. The van der Waals surface area contributed by atoms with Crippen LogP contribution in [0, 0.1) is 0 Å². The Hall–Kier alpha value is -1.35. The zero-order valence-electron chi connectivity index (χ0n) is 6.66. The van der Waals surface area contributed by atoms with E-state index in [2.05, 4.69) is 5.10 Å². The van der Waals surface area contributed by atoms with Gasteiger partial charge >= 0.3 is 0 Å². The number of benzene rings is 1. The highest BCUT2D eigenvalue weighted by atomic mass is 16.5. The van der Waals surface area contributed by atoms with E-state index in [9.17, 15) is 0 Å². The Morgan fingerprint density at radius 2 is 2.08 bits per heavy atom. The van der Waals surface area contributed by atoms with Crippen molar-refractivity contribution < 1.29 is 4.74 Å². The number of hydrogen-bond acceptors (Lipinski definition) is 3. The summed E-state index contributed by atoms with van der Waals surface area (Å²) in [7, 11) is 0. The molecule has 0 radical (unpaired) electrons. The van der Waals surface area contributed by atoms with Crippen molar-refractivity contribution in [3.8, 4) is 0 Å². The lowest BCUT2D eigenvalue weighted by Gasteiger charge is -2.16. The van der Waals surface area contributed by atoms with Crippen molar-refractivity contribution in [3.05, 3.63) is 35.4 Å². The Kier molecular flexibility index (Phi) is 1.80. The molecular formula is C9H10N2O. The minimum absolute atomic E-state index is 0.521. The van der Waals surface area contributed by atoms with Gasteiger partial charge in [0.25, 0.3) is 0 Å². The molecule has 1 aromatic rings. The second-order valence-corrected chi connectivity index (χ2v) is 2.73. The second kappa shape index (κ2) is 2.95. The number of hydrogen-bond donors (Lipinski definition) is 1. The van der Waals surface area contributed by atoms with Crippen LogP contribution in [-0.2, 0) is 11.3 Å². The van der Waals surface area contributed by atoms with E-state index in [1.807, 2.05) is 24.3 Å². The van der Waals surface area contributed by atoms with Crippen LogP contribution in [0.3, 0.4) is 0 Å². The molecule has 3 heteroatoms. The summed E-state index contributed by atoms with van der Waals surface area (Å²) in [6, 6.07) is 8.01. The summed E-state index contributed by atoms with van der Waals surface area (Å²) in [6.07, 6.45) is 0. The summed E-state index contributed by atoms with van der Waals surface area (Å²) >= 11 is 0. The third kappa shape index (κ3) is 1.08. The van der Waals surface area contributed by atoms with E-state index >= 15 is 0 Å². The molecule has 1 aromatic carbocycles. The number of fused-ring (bicyclic) bond motifs is 1. The van der Waals surface area contributed by atoms with Crippen LogP contribution < -0.4 is 5.84 Å². The molecule has 0 aliphatic carbocycles. The minimum atomic E-state index is 0.521. The molecule has 0 unspecified atom stereocenters. The number of ether oxygens (including phenoxy) is 1. The van der Waals surface area contributed by atoms with Gasteiger partial charge in [-0.05, 0) is 5.56 Å². The highest BCUT2D eigenvalue weighted by molar-refractivity contribution is 6.03. The standard InChI is InChI=1S/C9H10N2O/c10-11-9-6-12-5-7-3-1-2-4-8(7)9/h1-4H,5-6,10H2/b11-9-.